The molecular weight excluding hydrogens is 385 g/mol. The quantitative estimate of drug-likeness (QED) is 0.736. The SMILES string of the molecule is CC1=C(C(=O)OCc2ccc(C)cc2)C(c2c(Cl)cccc2Cl)CC(=O)N1. The Hall–Kier alpha value is -2.30. The molecule has 2 aromatic carbocycles. The summed E-state index contributed by atoms with van der Waals surface area (Å²) in [6.45, 7) is 3.82. The van der Waals surface area contributed by atoms with Crippen molar-refractivity contribution in [2.24, 2.45) is 0 Å². The number of amides is 1. The Labute approximate surface area is 168 Å². The Morgan fingerprint density at radius 3 is 2.37 bits per heavy atom. The van der Waals surface area contributed by atoms with Gasteiger partial charge in [-0.15, -0.1) is 0 Å². The van der Waals surface area contributed by atoms with E-state index in [4.69, 9.17) is 27.9 Å². The zero-order valence-corrected chi connectivity index (χ0v) is 16.5. The first-order valence-electron chi connectivity index (χ1n) is 8.54. The van der Waals surface area contributed by atoms with Crippen LogP contribution < -0.4 is 5.32 Å². The van der Waals surface area contributed by atoms with Crippen molar-refractivity contribution in [1.29, 1.82) is 0 Å². The molecule has 0 radical (unpaired) electrons. The lowest BCUT2D eigenvalue weighted by Gasteiger charge is -2.27. The zero-order chi connectivity index (χ0) is 19.6. The molecule has 1 N–H and O–H groups in total. The number of ether oxygens (including phenoxy) is 1. The Kier molecular flexibility index (Phi) is 5.88. The van der Waals surface area contributed by atoms with Gasteiger partial charge < -0.3 is 10.1 Å². The third kappa shape index (κ3) is 4.34. The number of aryl methyl sites for hydroxylation is 1. The number of carbonyl (C=O) groups is 2. The molecule has 0 bridgehead atoms. The van der Waals surface area contributed by atoms with Gasteiger partial charge in [-0.25, -0.2) is 4.79 Å². The van der Waals surface area contributed by atoms with Crippen molar-refractivity contribution >= 4 is 35.1 Å². The lowest BCUT2D eigenvalue weighted by molar-refractivity contribution is -0.141. The normalized spacial score (nSPS) is 16.9. The van der Waals surface area contributed by atoms with E-state index < -0.39 is 11.9 Å². The highest BCUT2D eigenvalue weighted by Gasteiger charge is 2.35. The summed E-state index contributed by atoms with van der Waals surface area (Å²) in [7, 11) is 0. The maximum atomic E-state index is 12.8. The lowest BCUT2D eigenvalue weighted by Crippen LogP contribution is -2.34. The predicted molar refractivity (Wildman–Crippen MR) is 106 cm³/mol. The maximum absolute atomic E-state index is 12.8. The molecule has 140 valence electrons. The number of rotatable bonds is 4. The number of halogens is 2. The van der Waals surface area contributed by atoms with Crippen molar-refractivity contribution in [1.82, 2.24) is 5.32 Å². The van der Waals surface area contributed by atoms with E-state index in [1.54, 1.807) is 25.1 Å². The highest BCUT2D eigenvalue weighted by Crippen LogP contribution is 2.40. The van der Waals surface area contributed by atoms with Crippen LogP contribution in [-0.2, 0) is 20.9 Å². The van der Waals surface area contributed by atoms with E-state index in [1.807, 2.05) is 31.2 Å². The molecule has 1 aliphatic heterocycles. The molecule has 0 aliphatic carbocycles. The molecule has 1 atom stereocenters. The topological polar surface area (TPSA) is 55.4 Å². The second kappa shape index (κ2) is 8.15. The fourth-order valence-corrected chi connectivity index (χ4v) is 3.83. The molecule has 0 spiro atoms. The van der Waals surface area contributed by atoms with Gasteiger partial charge in [-0.3, -0.25) is 4.79 Å². The average Bonchev–Trinajstić information content (AvgIpc) is 2.60. The lowest BCUT2D eigenvalue weighted by atomic mass is 9.84. The number of nitrogens with one attached hydrogen (secondary N) is 1. The molecule has 1 unspecified atom stereocenters. The Morgan fingerprint density at radius 1 is 1.11 bits per heavy atom. The summed E-state index contributed by atoms with van der Waals surface area (Å²) < 4.78 is 5.51. The maximum Gasteiger partial charge on any atom is 0.336 e. The zero-order valence-electron chi connectivity index (χ0n) is 15.0. The highest BCUT2D eigenvalue weighted by atomic mass is 35.5. The molecule has 1 amide bonds. The molecule has 0 fully saturated rings. The number of allylic oxidation sites excluding steroid dienone is 1. The van der Waals surface area contributed by atoms with Crippen LogP contribution in [0.3, 0.4) is 0 Å². The Balaban J connectivity index is 1.89. The number of hydrogen-bond acceptors (Lipinski definition) is 3. The summed E-state index contributed by atoms with van der Waals surface area (Å²) in [6.07, 6.45) is 0.0791. The molecule has 27 heavy (non-hydrogen) atoms. The van der Waals surface area contributed by atoms with Gasteiger partial charge in [0.15, 0.2) is 0 Å². The van der Waals surface area contributed by atoms with Gasteiger partial charge in [0.2, 0.25) is 5.91 Å². The first-order chi connectivity index (χ1) is 12.9. The van der Waals surface area contributed by atoms with Crippen molar-refractivity contribution < 1.29 is 14.3 Å². The molecule has 0 saturated carbocycles. The molecule has 0 aromatic heterocycles. The largest absolute Gasteiger partial charge is 0.457 e. The minimum Gasteiger partial charge on any atom is -0.457 e. The summed E-state index contributed by atoms with van der Waals surface area (Å²) in [4.78, 5) is 24.9. The summed E-state index contributed by atoms with van der Waals surface area (Å²) in [5.74, 6) is -1.23. The monoisotopic (exact) mass is 403 g/mol. The predicted octanol–water partition coefficient (Wildman–Crippen LogP) is 4.92. The first kappa shape index (κ1) is 19.5. The van der Waals surface area contributed by atoms with Crippen molar-refractivity contribution in [3.05, 3.63) is 80.5 Å². The van der Waals surface area contributed by atoms with Crippen LogP contribution in [0.4, 0.5) is 0 Å². The molecule has 3 rings (SSSR count). The second-order valence-corrected chi connectivity index (χ2v) is 7.36. The molecule has 1 heterocycles. The molecule has 1 aliphatic rings. The van der Waals surface area contributed by atoms with Crippen LogP contribution >= 0.6 is 23.2 Å². The van der Waals surface area contributed by atoms with E-state index in [0.29, 0.717) is 26.9 Å². The number of hydrogen-bond donors (Lipinski definition) is 1. The number of carbonyl (C=O) groups excluding carboxylic acids is 2. The van der Waals surface area contributed by atoms with E-state index in [2.05, 4.69) is 5.32 Å². The van der Waals surface area contributed by atoms with Gasteiger partial charge in [-0.05, 0) is 37.1 Å². The van der Waals surface area contributed by atoms with Crippen molar-refractivity contribution in [2.75, 3.05) is 0 Å². The molecule has 4 nitrogen and oxygen atoms in total. The molecule has 2 aromatic rings. The van der Waals surface area contributed by atoms with Gasteiger partial charge in [-0.2, -0.15) is 0 Å². The molecule has 6 heteroatoms. The van der Waals surface area contributed by atoms with Crippen LogP contribution in [0.2, 0.25) is 10.0 Å². The highest BCUT2D eigenvalue weighted by molar-refractivity contribution is 6.36. The van der Waals surface area contributed by atoms with Crippen molar-refractivity contribution in [3.63, 3.8) is 0 Å². The number of benzene rings is 2. The van der Waals surface area contributed by atoms with E-state index in [9.17, 15) is 9.59 Å². The Bertz CT molecular complexity index is 899. The van der Waals surface area contributed by atoms with Gasteiger partial charge in [0.25, 0.3) is 0 Å². The standard InChI is InChI=1S/C21H19Cl2NO3/c1-12-6-8-14(9-7-12)11-27-21(26)19-13(2)24-18(25)10-15(19)20-16(22)4-3-5-17(20)23/h3-9,15H,10-11H2,1-2H3,(H,24,25). The van der Waals surface area contributed by atoms with Gasteiger partial charge in [-0.1, -0.05) is 59.1 Å². The van der Waals surface area contributed by atoms with Crippen molar-refractivity contribution in [3.8, 4) is 0 Å². The second-order valence-electron chi connectivity index (χ2n) is 6.54. The summed E-state index contributed by atoms with van der Waals surface area (Å²) in [6, 6.07) is 12.9. The third-order valence-electron chi connectivity index (χ3n) is 4.53. The number of esters is 1. The third-order valence-corrected chi connectivity index (χ3v) is 5.19. The summed E-state index contributed by atoms with van der Waals surface area (Å²) in [5, 5.41) is 3.54. The van der Waals surface area contributed by atoms with E-state index in [-0.39, 0.29) is 18.9 Å². The van der Waals surface area contributed by atoms with Crippen LogP contribution in [0.15, 0.2) is 53.7 Å². The average molecular weight is 404 g/mol. The van der Waals surface area contributed by atoms with Gasteiger partial charge in [0.1, 0.15) is 6.61 Å². The van der Waals surface area contributed by atoms with E-state index in [1.165, 1.54) is 0 Å². The smallest absolute Gasteiger partial charge is 0.336 e. The summed E-state index contributed by atoms with van der Waals surface area (Å²) in [5.41, 5.74) is 3.42. The van der Waals surface area contributed by atoms with Gasteiger partial charge in [0.05, 0.1) is 5.57 Å². The van der Waals surface area contributed by atoms with Crippen LogP contribution in [0.1, 0.15) is 36.0 Å². The molecule has 0 saturated heterocycles. The fourth-order valence-electron chi connectivity index (χ4n) is 3.17. The van der Waals surface area contributed by atoms with Gasteiger partial charge >= 0.3 is 5.97 Å². The van der Waals surface area contributed by atoms with Crippen LogP contribution in [-0.4, -0.2) is 11.9 Å². The van der Waals surface area contributed by atoms with Crippen LogP contribution in [0.25, 0.3) is 0 Å². The minimum atomic E-state index is -0.550. The van der Waals surface area contributed by atoms with E-state index >= 15 is 0 Å². The fraction of sp³-hybridized carbons (Fsp3) is 0.238. The van der Waals surface area contributed by atoms with Gasteiger partial charge in [0, 0.05) is 28.1 Å². The van der Waals surface area contributed by atoms with Crippen molar-refractivity contribution in [2.45, 2.75) is 32.8 Å². The summed E-state index contributed by atoms with van der Waals surface area (Å²) >= 11 is 12.7. The van der Waals surface area contributed by atoms with Crippen LogP contribution in [0, 0.1) is 6.92 Å². The Morgan fingerprint density at radius 2 is 1.74 bits per heavy atom. The molecular formula is C21H19Cl2NO3. The van der Waals surface area contributed by atoms with Crippen LogP contribution in [0.5, 0.6) is 0 Å². The van der Waals surface area contributed by atoms with E-state index in [0.717, 1.165) is 11.1 Å². The first-order valence-corrected chi connectivity index (χ1v) is 9.29. The minimum absolute atomic E-state index is 0.0791.